The van der Waals surface area contributed by atoms with Gasteiger partial charge in [0.15, 0.2) is 11.4 Å². The number of nitrogens with zero attached hydrogens (tertiary/aromatic N) is 3. The Morgan fingerprint density at radius 3 is 2.87 bits per heavy atom. The molecule has 1 saturated heterocycles. The van der Waals surface area contributed by atoms with Crippen LogP contribution in [0.4, 0.5) is 0 Å². The number of aliphatic hydroxyl groups is 1. The minimum atomic E-state index is -3.59. The summed E-state index contributed by atoms with van der Waals surface area (Å²) in [4.78, 5) is 5.21. The second-order valence-corrected chi connectivity index (χ2v) is 9.67. The quantitative estimate of drug-likeness (QED) is 0.895. The number of rotatable bonds is 4. The van der Waals surface area contributed by atoms with Gasteiger partial charge in [-0.3, -0.25) is 0 Å². The third kappa shape index (κ3) is 2.61. The Balaban J connectivity index is 1.57. The Hall–Kier alpha value is -1.29. The Kier molecular flexibility index (Phi) is 3.38. The molecule has 23 heavy (non-hydrogen) atoms. The highest BCUT2D eigenvalue weighted by Crippen LogP contribution is 2.40. The van der Waals surface area contributed by atoms with Crippen LogP contribution in [0.3, 0.4) is 0 Å². The maximum absolute atomic E-state index is 12.6. The monoisotopic (exact) mass is 355 g/mol. The first-order valence-electron chi connectivity index (χ1n) is 7.51. The second kappa shape index (κ2) is 5.10. The van der Waals surface area contributed by atoms with Gasteiger partial charge in [-0.25, -0.2) is 8.42 Å². The van der Waals surface area contributed by atoms with E-state index < -0.39 is 15.6 Å². The largest absolute Gasteiger partial charge is 0.379 e. The van der Waals surface area contributed by atoms with E-state index in [1.54, 1.807) is 12.1 Å². The molecule has 2 aromatic heterocycles. The summed E-state index contributed by atoms with van der Waals surface area (Å²) in [6, 6.07) is 3.38. The van der Waals surface area contributed by atoms with Crippen LogP contribution in [-0.2, 0) is 15.6 Å². The second-order valence-electron chi connectivity index (χ2n) is 6.22. The Bertz CT molecular complexity index is 840. The van der Waals surface area contributed by atoms with E-state index in [0.717, 1.165) is 17.7 Å². The van der Waals surface area contributed by atoms with Gasteiger partial charge >= 0.3 is 0 Å². The van der Waals surface area contributed by atoms with Crippen molar-refractivity contribution in [2.75, 3.05) is 13.1 Å². The maximum Gasteiger partial charge on any atom is 0.260 e. The van der Waals surface area contributed by atoms with Crippen LogP contribution in [0.1, 0.15) is 41.8 Å². The average Bonchev–Trinajstić information content (AvgIpc) is 2.93. The fraction of sp³-hybridized carbons (Fsp3) is 0.571. The van der Waals surface area contributed by atoms with Crippen LogP contribution in [0.5, 0.6) is 0 Å². The molecule has 2 aromatic rings. The molecule has 2 fully saturated rings. The first-order chi connectivity index (χ1) is 10.9. The van der Waals surface area contributed by atoms with E-state index >= 15 is 0 Å². The lowest BCUT2D eigenvalue weighted by Crippen LogP contribution is -2.34. The first-order valence-corrected chi connectivity index (χ1v) is 9.77. The Labute approximate surface area is 138 Å². The third-order valence-electron chi connectivity index (χ3n) is 4.30. The van der Waals surface area contributed by atoms with E-state index in [0.29, 0.717) is 16.0 Å². The Morgan fingerprint density at radius 1 is 1.43 bits per heavy atom. The van der Waals surface area contributed by atoms with Crippen LogP contribution in [0.15, 0.2) is 20.9 Å². The minimum absolute atomic E-state index is 0.0570. The summed E-state index contributed by atoms with van der Waals surface area (Å²) in [6.45, 7) is 2.04. The lowest BCUT2D eigenvalue weighted by Gasteiger charge is -2.19. The summed E-state index contributed by atoms with van der Waals surface area (Å²) >= 11 is 1.23. The van der Waals surface area contributed by atoms with Gasteiger partial charge in [0.05, 0.1) is 6.54 Å². The molecule has 2 aliphatic rings. The lowest BCUT2D eigenvalue weighted by atomic mass is 10.0. The van der Waals surface area contributed by atoms with Crippen LogP contribution >= 0.6 is 11.3 Å². The highest BCUT2D eigenvalue weighted by molar-refractivity contribution is 7.91. The van der Waals surface area contributed by atoms with Gasteiger partial charge < -0.3 is 9.63 Å². The van der Waals surface area contributed by atoms with Crippen molar-refractivity contribution in [3.8, 4) is 0 Å². The van der Waals surface area contributed by atoms with Crippen molar-refractivity contribution in [2.24, 2.45) is 0 Å². The van der Waals surface area contributed by atoms with Crippen LogP contribution in [0.25, 0.3) is 0 Å². The fourth-order valence-electron chi connectivity index (χ4n) is 2.75. The van der Waals surface area contributed by atoms with Crippen LogP contribution in [0.2, 0.25) is 0 Å². The molecule has 0 bridgehead atoms. The first kappa shape index (κ1) is 15.3. The van der Waals surface area contributed by atoms with Gasteiger partial charge in [-0.15, -0.1) is 11.3 Å². The molecule has 0 amide bonds. The molecule has 0 spiro atoms. The molecule has 1 N–H and O–H groups in total. The van der Waals surface area contributed by atoms with Gasteiger partial charge in [0.1, 0.15) is 4.21 Å². The number of hydrogen-bond donors (Lipinski definition) is 1. The van der Waals surface area contributed by atoms with Crippen molar-refractivity contribution >= 4 is 21.4 Å². The normalized spacial score (nSPS) is 26.0. The zero-order chi connectivity index (χ0) is 16.2. The molecule has 1 aliphatic carbocycles. The molecule has 1 unspecified atom stereocenters. The zero-order valence-electron chi connectivity index (χ0n) is 12.6. The predicted molar refractivity (Wildman–Crippen MR) is 82.6 cm³/mol. The van der Waals surface area contributed by atoms with Crippen molar-refractivity contribution in [2.45, 2.75) is 41.9 Å². The maximum atomic E-state index is 12.6. The third-order valence-corrected chi connectivity index (χ3v) is 7.62. The number of sulfonamides is 1. The van der Waals surface area contributed by atoms with E-state index in [4.69, 9.17) is 4.52 Å². The van der Waals surface area contributed by atoms with E-state index in [2.05, 4.69) is 10.1 Å². The lowest BCUT2D eigenvalue weighted by molar-refractivity contribution is 0.0194. The summed E-state index contributed by atoms with van der Waals surface area (Å²) < 4.78 is 32.1. The van der Waals surface area contributed by atoms with Gasteiger partial charge in [0.25, 0.3) is 15.9 Å². The highest BCUT2D eigenvalue weighted by atomic mass is 32.2. The summed E-state index contributed by atoms with van der Waals surface area (Å²) in [5.74, 6) is 1.06. The number of thiophene rings is 1. The van der Waals surface area contributed by atoms with E-state index in [-0.39, 0.29) is 25.4 Å². The number of aromatic nitrogens is 2. The smallest absolute Gasteiger partial charge is 0.260 e. The number of β-amino-alcohol motifs (C(OH)–C–C–N with tert-alkyl or cyclic N) is 1. The van der Waals surface area contributed by atoms with Crippen molar-refractivity contribution in [3.05, 3.63) is 28.7 Å². The van der Waals surface area contributed by atoms with Crippen LogP contribution in [0, 0.1) is 6.92 Å². The predicted octanol–water partition coefficient (Wildman–Crippen LogP) is 1.60. The van der Waals surface area contributed by atoms with Gasteiger partial charge in [-0.2, -0.15) is 9.29 Å². The van der Waals surface area contributed by atoms with E-state index in [9.17, 15) is 13.5 Å². The SMILES string of the molecule is Cc1ccc(S(=O)(=O)N2CCC(O)(c3nc(C4CC4)no3)C2)s1. The summed E-state index contributed by atoms with van der Waals surface area (Å²) in [5, 5.41) is 14.7. The number of aryl methyl sites for hydroxylation is 1. The molecule has 1 aliphatic heterocycles. The van der Waals surface area contributed by atoms with Crippen molar-refractivity contribution in [1.29, 1.82) is 0 Å². The van der Waals surface area contributed by atoms with Crippen molar-refractivity contribution < 1.29 is 18.0 Å². The molecular weight excluding hydrogens is 338 g/mol. The molecule has 1 saturated carbocycles. The average molecular weight is 355 g/mol. The summed E-state index contributed by atoms with van der Waals surface area (Å²) in [5.41, 5.74) is -1.40. The van der Waals surface area contributed by atoms with Crippen molar-refractivity contribution in [1.82, 2.24) is 14.4 Å². The molecule has 124 valence electrons. The summed E-state index contributed by atoms with van der Waals surface area (Å²) in [6.07, 6.45) is 2.33. The van der Waals surface area contributed by atoms with Gasteiger partial charge in [0.2, 0.25) is 0 Å². The minimum Gasteiger partial charge on any atom is -0.379 e. The van der Waals surface area contributed by atoms with Crippen LogP contribution in [-0.4, -0.2) is 41.1 Å². The molecule has 4 rings (SSSR count). The molecular formula is C14H17N3O4S2. The molecule has 9 heteroatoms. The number of hydrogen-bond acceptors (Lipinski definition) is 7. The Morgan fingerprint density at radius 2 is 2.22 bits per heavy atom. The van der Waals surface area contributed by atoms with Crippen molar-refractivity contribution in [3.63, 3.8) is 0 Å². The standard InChI is InChI=1S/C14H17N3O4S2/c1-9-2-5-11(22-9)23(19,20)17-7-6-14(18,8-17)13-15-12(16-21-13)10-3-4-10/h2,5,10,18H,3-4,6-8H2,1H3. The molecule has 3 heterocycles. The summed E-state index contributed by atoms with van der Waals surface area (Å²) in [7, 11) is -3.59. The topological polar surface area (TPSA) is 96.5 Å². The molecule has 1 atom stereocenters. The van der Waals surface area contributed by atoms with Gasteiger partial charge in [0, 0.05) is 23.8 Å². The van der Waals surface area contributed by atoms with E-state index in [1.165, 1.54) is 15.6 Å². The van der Waals surface area contributed by atoms with Crippen LogP contribution < -0.4 is 0 Å². The fourth-order valence-corrected chi connectivity index (χ4v) is 5.68. The van der Waals surface area contributed by atoms with Gasteiger partial charge in [-0.05, 0) is 31.9 Å². The highest BCUT2D eigenvalue weighted by Gasteiger charge is 2.47. The molecule has 0 radical (unpaired) electrons. The zero-order valence-corrected chi connectivity index (χ0v) is 14.2. The van der Waals surface area contributed by atoms with E-state index in [1.807, 2.05) is 6.92 Å². The molecule has 7 nitrogen and oxygen atoms in total. The molecule has 0 aromatic carbocycles. The van der Waals surface area contributed by atoms with Gasteiger partial charge in [-0.1, -0.05) is 5.16 Å².